The monoisotopic (exact) mass is 597 g/mol. The zero-order valence-electron chi connectivity index (χ0n) is 26.1. The standard InChI is InChI=1S/C31H43N5O7/c1-16-12-20-25-21(34-31(35-25)36(5)6)15-22(27(20)38)33-29(39)17(2)10-9-11-23(41-7)28(43-30(32)40)19(4)14-18(3)26(37)24(13-16)42-8/h9-11,14-16,18,23-24,26,28,37-38H,12-13H2,1-8H3,(H2,32,40)/b11-9-,17-10+,19-14+,33-22?/t16-,18+,23+,24+,26-,28+/m1/s1. The number of allylic oxidation sites excluding steroid dienone is 2. The van der Waals surface area contributed by atoms with Gasteiger partial charge in [-0.1, -0.05) is 38.2 Å². The van der Waals surface area contributed by atoms with Crippen molar-refractivity contribution in [2.45, 2.75) is 65.0 Å². The first-order valence-electron chi connectivity index (χ1n) is 14.1. The highest BCUT2D eigenvalue weighted by molar-refractivity contribution is 5.94. The number of aliphatic hydroxyl groups excluding tert-OH is 1. The van der Waals surface area contributed by atoms with E-state index in [1.807, 2.05) is 27.9 Å². The van der Waals surface area contributed by atoms with Crippen LogP contribution in [0, 0.1) is 11.8 Å². The lowest BCUT2D eigenvalue weighted by Gasteiger charge is -2.29. The van der Waals surface area contributed by atoms with Crippen LogP contribution in [0.1, 0.15) is 39.7 Å². The number of nitrogens with two attached hydrogens (primary N) is 1. The lowest BCUT2D eigenvalue weighted by atomic mass is 9.88. The molecular formula is C31H43N5O7. The van der Waals surface area contributed by atoms with E-state index in [2.05, 4.69) is 15.0 Å². The average molecular weight is 598 g/mol. The molecule has 43 heavy (non-hydrogen) atoms. The zero-order chi connectivity index (χ0) is 32.0. The molecule has 12 nitrogen and oxygen atoms in total. The van der Waals surface area contributed by atoms with E-state index < -0.39 is 42.3 Å². The molecule has 1 aromatic rings. The number of fused-ring (bicyclic) bond motifs is 4. The number of aliphatic imine (C=N–C) groups is 1. The van der Waals surface area contributed by atoms with Crippen molar-refractivity contribution < 1.29 is 34.0 Å². The Kier molecular flexibility index (Phi) is 11.4. The molecule has 4 N–H and O–H groups in total. The van der Waals surface area contributed by atoms with Crippen molar-refractivity contribution in [2.24, 2.45) is 32.5 Å². The van der Waals surface area contributed by atoms with E-state index in [9.17, 15) is 19.8 Å². The highest BCUT2D eigenvalue weighted by Crippen LogP contribution is 2.26. The Labute approximate surface area is 252 Å². The summed E-state index contributed by atoms with van der Waals surface area (Å²) in [5, 5.41) is 23.2. The lowest BCUT2D eigenvalue weighted by Crippen LogP contribution is -2.37. The molecule has 0 aromatic heterocycles. The number of primary amides is 1. The van der Waals surface area contributed by atoms with Crippen LogP contribution in [0.4, 0.5) is 10.5 Å². The highest BCUT2D eigenvalue weighted by Gasteiger charge is 2.30. The van der Waals surface area contributed by atoms with Gasteiger partial charge in [-0.15, -0.1) is 0 Å². The minimum atomic E-state index is -0.980. The predicted octanol–water partition coefficient (Wildman–Crippen LogP) is 2.24. The third-order valence-electron chi connectivity index (χ3n) is 7.57. The maximum atomic E-state index is 13.1. The molecule has 0 spiro atoms. The summed E-state index contributed by atoms with van der Waals surface area (Å²) >= 11 is 0. The average Bonchev–Trinajstić information content (AvgIpc) is 3.38. The second-order valence-electron chi connectivity index (χ2n) is 11.3. The molecule has 0 saturated carbocycles. The summed E-state index contributed by atoms with van der Waals surface area (Å²) in [4.78, 5) is 40.0. The summed E-state index contributed by atoms with van der Waals surface area (Å²) in [6.45, 7) is 7.18. The van der Waals surface area contributed by atoms with Crippen molar-refractivity contribution in [1.82, 2.24) is 4.90 Å². The molecule has 2 aliphatic heterocycles. The number of rotatable bonds is 3. The molecule has 0 unspecified atom stereocenters. The second-order valence-corrected chi connectivity index (χ2v) is 11.3. The number of hydrogen-bond donors (Lipinski definition) is 3. The van der Waals surface area contributed by atoms with Crippen molar-refractivity contribution in [3.8, 4) is 5.75 Å². The van der Waals surface area contributed by atoms with Gasteiger partial charge in [-0.2, -0.15) is 0 Å². The van der Waals surface area contributed by atoms with Crippen molar-refractivity contribution >= 4 is 23.6 Å². The summed E-state index contributed by atoms with van der Waals surface area (Å²) in [7, 11) is 6.63. The summed E-state index contributed by atoms with van der Waals surface area (Å²) in [6.07, 6.45) is 3.28. The first kappa shape index (κ1) is 33.6. The van der Waals surface area contributed by atoms with Gasteiger partial charge in [-0.05, 0) is 44.2 Å². The third kappa shape index (κ3) is 8.15. The van der Waals surface area contributed by atoms with Gasteiger partial charge >= 0.3 is 6.09 Å². The van der Waals surface area contributed by atoms with Gasteiger partial charge in [0.05, 0.1) is 23.3 Å². The van der Waals surface area contributed by atoms with E-state index >= 15 is 0 Å². The van der Waals surface area contributed by atoms with Crippen LogP contribution >= 0.6 is 0 Å². The Hall–Kier alpha value is -3.87. The number of amides is 2. The van der Waals surface area contributed by atoms with Crippen LogP contribution in [0.3, 0.4) is 0 Å². The number of nitrogens with zero attached hydrogens (tertiary/aromatic N) is 4. The molecule has 3 rings (SSSR count). The number of phenols is 1. The van der Waals surface area contributed by atoms with Crippen molar-refractivity contribution in [3.05, 3.63) is 57.8 Å². The number of ether oxygens (including phenoxy) is 3. The number of carbonyl (C=O) groups is 2. The maximum absolute atomic E-state index is 13.1. The van der Waals surface area contributed by atoms with E-state index in [1.165, 1.54) is 14.2 Å². The van der Waals surface area contributed by atoms with Crippen LogP contribution in [0.2, 0.25) is 0 Å². The smallest absolute Gasteiger partial charge is 0.405 e. The minimum Gasteiger partial charge on any atom is -0.505 e. The highest BCUT2D eigenvalue weighted by atomic mass is 16.6. The first-order chi connectivity index (χ1) is 20.3. The molecular weight excluding hydrogens is 554 g/mol. The molecule has 0 fully saturated rings. The Morgan fingerprint density at radius 2 is 1.81 bits per heavy atom. The third-order valence-corrected chi connectivity index (χ3v) is 7.57. The van der Waals surface area contributed by atoms with Crippen LogP contribution in [0.15, 0.2) is 56.5 Å². The van der Waals surface area contributed by atoms with Gasteiger partial charge in [-0.3, -0.25) is 4.79 Å². The first-order valence-corrected chi connectivity index (χ1v) is 14.1. The normalized spacial score (nSPS) is 30.0. The fourth-order valence-electron chi connectivity index (χ4n) is 5.18. The Bertz CT molecular complexity index is 1460. The van der Waals surface area contributed by atoms with Crippen molar-refractivity contribution in [1.29, 1.82) is 0 Å². The van der Waals surface area contributed by atoms with E-state index in [4.69, 9.17) is 19.9 Å². The number of aromatic hydroxyl groups is 1. The zero-order valence-corrected chi connectivity index (χ0v) is 26.1. The molecule has 0 saturated heterocycles. The van der Waals surface area contributed by atoms with E-state index in [-0.39, 0.29) is 17.0 Å². The molecule has 6 atom stereocenters. The summed E-state index contributed by atoms with van der Waals surface area (Å²) in [5.41, 5.74) is 7.29. The van der Waals surface area contributed by atoms with Crippen LogP contribution in [-0.2, 0) is 25.4 Å². The molecule has 2 bridgehead atoms. The molecule has 0 radical (unpaired) electrons. The van der Waals surface area contributed by atoms with E-state index in [0.717, 1.165) is 0 Å². The molecule has 2 aliphatic rings. The summed E-state index contributed by atoms with van der Waals surface area (Å²) < 4.78 is 16.7. The topological polar surface area (TPSA) is 169 Å². The number of hydrogen-bond acceptors (Lipinski definition) is 10. The van der Waals surface area contributed by atoms with Crippen LogP contribution in [-0.4, -0.2) is 85.8 Å². The summed E-state index contributed by atoms with van der Waals surface area (Å²) in [5.74, 6) is -0.727. The van der Waals surface area contributed by atoms with Gasteiger partial charge in [0.1, 0.15) is 17.2 Å². The number of aliphatic hydroxyl groups is 1. The molecule has 12 heteroatoms. The fourth-order valence-corrected chi connectivity index (χ4v) is 5.18. The Morgan fingerprint density at radius 3 is 2.42 bits per heavy atom. The minimum absolute atomic E-state index is 0.0843. The van der Waals surface area contributed by atoms with Gasteiger partial charge in [0.25, 0.3) is 5.91 Å². The van der Waals surface area contributed by atoms with Crippen molar-refractivity contribution in [2.75, 3.05) is 28.3 Å². The number of carbonyl (C=O) groups excluding carboxylic acids is 2. The predicted molar refractivity (Wildman–Crippen MR) is 162 cm³/mol. The van der Waals surface area contributed by atoms with Gasteiger partial charge in [0.15, 0.2) is 6.10 Å². The van der Waals surface area contributed by atoms with Crippen LogP contribution in [0.5, 0.6) is 5.75 Å². The largest absolute Gasteiger partial charge is 0.505 e. The maximum Gasteiger partial charge on any atom is 0.405 e. The van der Waals surface area contributed by atoms with Gasteiger partial charge in [0.2, 0.25) is 5.96 Å². The number of phenolic OH excluding ortho intramolecular Hbond substituents is 1. The van der Waals surface area contributed by atoms with Crippen LogP contribution < -0.4 is 16.4 Å². The van der Waals surface area contributed by atoms with Crippen LogP contribution in [0.25, 0.3) is 0 Å². The summed E-state index contributed by atoms with van der Waals surface area (Å²) in [6, 6.07) is 1.55. The van der Waals surface area contributed by atoms with Gasteiger partial charge < -0.3 is 35.1 Å². The lowest BCUT2D eigenvalue weighted by molar-refractivity contribution is -0.114. The molecule has 0 aliphatic carbocycles. The fraction of sp³-hybridized carbons (Fsp3) is 0.516. The number of guanidine groups is 1. The molecule has 234 valence electrons. The van der Waals surface area contributed by atoms with Gasteiger partial charge in [0, 0.05) is 45.4 Å². The quantitative estimate of drug-likeness (QED) is 0.446. The molecule has 1 aromatic carbocycles. The Balaban J connectivity index is 2.20. The molecule has 2 heterocycles. The van der Waals surface area contributed by atoms with Gasteiger partial charge in [-0.25, -0.2) is 19.8 Å². The van der Waals surface area contributed by atoms with Crippen molar-refractivity contribution in [3.63, 3.8) is 0 Å². The second kappa shape index (κ2) is 14.5. The van der Waals surface area contributed by atoms with E-state index in [0.29, 0.717) is 46.6 Å². The number of methoxy groups -OCH3 is 2. The van der Waals surface area contributed by atoms with E-state index in [1.54, 1.807) is 49.1 Å². The number of benzene rings is 1. The SMILES string of the molecule is CO[C@H]1/C=C\C=C(/C)C(=O)N=c2cc3c(c(c2O)C[C@@H](C)C[C@H](OC)[C@H](O)[C@@H](C)/C=C(\C)[C@@H]1OC(N)=O)=NC(N(C)C)=N3. The Morgan fingerprint density at radius 1 is 1.12 bits per heavy atom. The molecule has 2 amide bonds.